The van der Waals surface area contributed by atoms with Crippen molar-refractivity contribution in [3.63, 3.8) is 0 Å². The molecule has 24 heavy (non-hydrogen) atoms. The maximum absolute atomic E-state index is 13.1. The van der Waals surface area contributed by atoms with E-state index in [1.807, 2.05) is 18.7 Å². The number of aliphatic carboxylic acids is 1. The quantitative estimate of drug-likeness (QED) is 0.935. The van der Waals surface area contributed by atoms with Crippen molar-refractivity contribution in [2.45, 2.75) is 45.7 Å². The second-order valence-corrected chi connectivity index (χ2v) is 6.36. The van der Waals surface area contributed by atoms with Crippen LogP contribution in [0.2, 0.25) is 0 Å². The van der Waals surface area contributed by atoms with Gasteiger partial charge in [-0.25, -0.2) is 9.07 Å². The van der Waals surface area contributed by atoms with E-state index in [4.69, 9.17) is 0 Å². The van der Waals surface area contributed by atoms with E-state index in [1.54, 1.807) is 16.8 Å². The Morgan fingerprint density at radius 1 is 1.29 bits per heavy atom. The fourth-order valence-corrected chi connectivity index (χ4v) is 3.40. The van der Waals surface area contributed by atoms with Gasteiger partial charge in [-0.3, -0.25) is 9.69 Å². The molecule has 0 saturated carbocycles. The van der Waals surface area contributed by atoms with E-state index in [9.17, 15) is 14.3 Å². The molecule has 2 heterocycles. The van der Waals surface area contributed by atoms with Gasteiger partial charge in [0.25, 0.3) is 0 Å². The molecule has 0 bridgehead atoms. The Balaban J connectivity index is 1.89. The van der Waals surface area contributed by atoms with Gasteiger partial charge in [0.2, 0.25) is 0 Å². The molecule has 1 aromatic heterocycles. The number of piperidine rings is 1. The Hall–Kier alpha value is -2.21. The highest BCUT2D eigenvalue weighted by Gasteiger charge is 2.29. The van der Waals surface area contributed by atoms with Crippen molar-refractivity contribution < 1.29 is 14.3 Å². The first-order chi connectivity index (χ1) is 11.5. The van der Waals surface area contributed by atoms with E-state index in [0.29, 0.717) is 13.0 Å². The molecule has 1 fully saturated rings. The van der Waals surface area contributed by atoms with Gasteiger partial charge in [0.15, 0.2) is 0 Å². The molecule has 3 rings (SSSR count). The third kappa shape index (κ3) is 3.19. The van der Waals surface area contributed by atoms with Crippen molar-refractivity contribution >= 4 is 5.97 Å². The van der Waals surface area contributed by atoms with Gasteiger partial charge in [-0.15, -0.1) is 0 Å². The van der Waals surface area contributed by atoms with E-state index < -0.39 is 12.0 Å². The van der Waals surface area contributed by atoms with Crippen LogP contribution in [-0.4, -0.2) is 38.3 Å². The summed E-state index contributed by atoms with van der Waals surface area (Å²) >= 11 is 0. The summed E-state index contributed by atoms with van der Waals surface area (Å²) in [7, 11) is 0. The van der Waals surface area contributed by atoms with Crippen LogP contribution in [0.3, 0.4) is 0 Å². The summed E-state index contributed by atoms with van der Waals surface area (Å²) in [6.45, 7) is 5.27. The monoisotopic (exact) mass is 331 g/mol. The van der Waals surface area contributed by atoms with Crippen molar-refractivity contribution in [3.05, 3.63) is 47.0 Å². The lowest BCUT2D eigenvalue weighted by Crippen LogP contribution is -2.44. The van der Waals surface area contributed by atoms with Crippen molar-refractivity contribution in [1.82, 2.24) is 14.7 Å². The van der Waals surface area contributed by atoms with Gasteiger partial charge in [-0.2, -0.15) is 5.10 Å². The van der Waals surface area contributed by atoms with Crippen LogP contribution in [0, 0.1) is 19.7 Å². The standard InChI is InChI=1S/C18H22FN3O2/c1-12-16(11-21-10-4-3-5-17(21)18(23)24)13(2)22(20-12)15-8-6-14(19)7-9-15/h6-9,17H,3-5,10-11H2,1-2H3,(H,23,24)/t17-/m0/s1. The van der Waals surface area contributed by atoms with E-state index in [0.717, 1.165) is 42.0 Å². The van der Waals surface area contributed by atoms with Crippen LogP contribution in [0.15, 0.2) is 24.3 Å². The lowest BCUT2D eigenvalue weighted by Gasteiger charge is -2.32. The highest BCUT2D eigenvalue weighted by atomic mass is 19.1. The Morgan fingerprint density at radius 3 is 2.67 bits per heavy atom. The first kappa shape index (κ1) is 16.6. The smallest absolute Gasteiger partial charge is 0.320 e. The average molecular weight is 331 g/mol. The minimum atomic E-state index is -0.754. The molecule has 0 radical (unpaired) electrons. The predicted molar refractivity (Wildman–Crippen MR) is 88.7 cm³/mol. The van der Waals surface area contributed by atoms with Crippen molar-refractivity contribution in [1.29, 1.82) is 0 Å². The van der Waals surface area contributed by atoms with Crippen LogP contribution in [0.5, 0.6) is 0 Å². The molecule has 0 amide bonds. The van der Waals surface area contributed by atoms with Gasteiger partial charge < -0.3 is 5.11 Å². The third-order valence-electron chi connectivity index (χ3n) is 4.77. The fourth-order valence-electron chi connectivity index (χ4n) is 3.40. The number of aryl methyl sites for hydroxylation is 1. The lowest BCUT2D eigenvalue weighted by molar-refractivity contribution is -0.144. The average Bonchev–Trinajstić information content (AvgIpc) is 2.84. The minimum Gasteiger partial charge on any atom is -0.480 e. The molecule has 1 atom stereocenters. The number of nitrogens with zero attached hydrogens (tertiary/aromatic N) is 3. The SMILES string of the molecule is Cc1nn(-c2ccc(F)cc2)c(C)c1CN1CCCC[C@H]1C(=O)O. The normalized spacial score (nSPS) is 18.7. The maximum Gasteiger partial charge on any atom is 0.320 e. The Morgan fingerprint density at radius 2 is 2.00 bits per heavy atom. The van der Waals surface area contributed by atoms with E-state index in [1.165, 1.54) is 12.1 Å². The molecule has 1 aromatic carbocycles. The number of hydrogen-bond donors (Lipinski definition) is 1. The Labute approximate surface area is 140 Å². The summed E-state index contributed by atoms with van der Waals surface area (Å²) in [4.78, 5) is 13.5. The van der Waals surface area contributed by atoms with Gasteiger partial charge in [0, 0.05) is 17.8 Å². The number of benzene rings is 1. The molecule has 0 aliphatic carbocycles. The molecule has 6 heteroatoms. The molecule has 1 N–H and O–H groups in total. The van der Waals surface area contributed by atoms with Crippen LogP contribution in [0.1, 0.15) is 36.2 Å². The molecule has 0 unspecified atom stereocenters. The molecular formula is C18H22FN3O2. The predicted octanol–water partition coefficient (Wildman–Crippen LogP) is 3.07. The maximum atomic E-state index is 13.1. The van der Waals surface area contributed by atoms with Crippen LogP contribution in [0.25, 0.3) is 5.69 Å². The number of hydrogen-bond acceptors (Lipinski definition) is 3. The van der Waals surface area contributed by atoms with E-state index >= 15 is 0 Å². The van der Waals surface area contributed by atoms with Gasteiger partial charge >= 0.3 is 5.97 Å². The summed E-state index contributed by atoms with van der Waals surface area (Å²) in [6, 6.07) is 5.79. The van der Waals surface area contributed by atoms with Crippen LogP contribution < -0.4 is 0 Å². The van der Waals surface area contributed by atoms with Crippen molar-refractivity contribution in [2.24, 2.45) is 0 Å². The second-order valence-electron chi connectivity index (χ2n) is 6.36. The van der Waals surface area contributed by atoms with E-state index in [-0.39, 0.29) is 5.82 Å². The fraction of sp³-hybridized carbons (Fsp3) is 0.444. The molecule has 1 aliphatic rings. The van der Waals surface area contributed by atoms with Gasteiger partial charge in [0.05, 0.1) is 11.4 Å². The molecule has 1 saturated heterocycles. The van der Waals surface area contributed by atoms with Crippen molar-refractivity contribution in [2.75, 3.05) is 6.54 Å². The summed E-state index contributed by atoms with van der Waals surface area (Å²) in [5, 5.41) is 14.0. The molecule has 5 nitrogen and oxygen atoms in total. The number of rotatable bonds is 4. The summed E-state index contributed by atoms with van der Waals surface area (Å²) in [6.07, 6.45) is 2.67. The highest BCUT2D eigenvalue weighted by molar-refractivity contribution is 5.73. The number of carboxylic acids is 1. The number of aromatic nitrogens is 2. The first-order valence-corrected chi connectivity index (χ1v) is 8.25. The minimum absolute atomic E-state index is 0.280. The number of halogens is 1. The topological polar surface area (TPSA) is 58.4 Å². The van der Waals surface area contributed by atoms with Crippen LogP contribution in [0.4, 0.5) is 4.39 Å². The zero-order valence-electron chi connectivity index (χ0n) is 14.0. The molecule has 128 valence electrons. The Bertz CT molecular complexity index is 739. The van der Waals surface area contributed by atoms with Crippen LogP contribution >= 0.6 is 0 Å². The number of likely N-dealkylation sites (tertiary alicyclic amines) is 1. The summed E-state index contributed by atoms with van der Waals surface area (Å²) < 4.78 is 14.9. The van der Waals surface area contributed by atoms with Gasteiger partial charge in [-0.1, -0.05) is 6.42 Å². The van der Waals surface area contributed by atoms with E-state index in [2.05, 4.69) is 5.10 Å². The number of carbonyl (C=O) groups is 1. The van der Waals surface area contributed by atoms with Crippen LogP contribution in [-0.2, 0) is 11.3 Å². The Kier molecular flexibility index (Phi) is 4.66. The first-order valence-electron chi connectivity index (χ1n) is 8.25. The highest BCUT2D eigenvalue weighted by Crippen LogP contribution is 2.24. The van der Waals surface area contributed by atoms with Gasteiger partial charge in [-0.05, 0) is 57.5 Å². The summed E-state index contributed by atoms with van der Waals surface area (Å²) in [5.74, 6) is -1.03. The zero-order chi connectivity index (χ0) is 17.3. The largest absolute Gasteiger partial charge is 0.480 e. The molecule has 1 aliphatic heterocycles. The molecular weight excluding hydrogens is 309 g/mol. The van der Waals surface area contributed by atoms with Crippen molar-refractivity contribution in [3.8, 4) is 5.69 Å². The lowest BCUT2D eigenvalue weighted by atomic mass is 10.0. The zero-order valence-corrected chi connectivity index (χ0v) is 14.0. The summed E-state index contributed by atoms with van der Waals surface area (Å²) in [5.41, 5.74) is 3.70. The number of carboxylic acid groups (broad SMARTS) is 1. The second kappa shape index (κ2) is 6.73. The van der Waals surface area contributed by atoms with Gasteiger partial charge in [0.1, 0.15) is 11.9 Å². The molecule has 0 spiro atoms. The molecule has 2 aromatic rings. The third-order valence-corrected chi connectivity index (χ3v) is 4.77.